The average Bonchev–Trinajstić information content (AvgIpc) is 1.90. The van der Waals surface area contributed by atoms with E-state index < -0.39 is 0 Å². The van der Waals surface area contributed by atoms with Gasteiger partial charge in [0.05, 0.1) is 6.10 Å². The zero-order valence-electron chi connectivity index (χ0n) is 5.85. The predicted octanol–water partition coefficient (Wildman–Crippen LogP) is 0.910. The second-order valence-corrected chi connectivity index (χ2v) is 2.67. The van der Waals surface area contributed by atoms with Crippen molar-refractivity contribution in [3.05, 3.63) is 6.10 Å². The molecule has 1 fully saturated rings. The Labute approximate surface area is 56.3 Å². The Bertz CT molecular complexity index is 77.0. The summed E-state index contributed by atoms with van der Waals surface area (Å²) < 4.78 is 0. The molecule has 0 atom stereocenters. The van der Waals surface area contributed by atoms with E-state index in [4.69, 9.17) is 5.11 Å². The molecule has 0 bridgehead atoms. The van der Waals surface area contributed by atoms with Crippen molar-refractivity contribution in [2.45, 2.75) is 19.8 Å². The highest BCUT2D eigenvalue weighted by atomic mass is 16.3. The lowest BCUT2D eigenvalue weighted by atomic mass is 9.93. The van der Waals surface area contributed by atoms with Crippen molar-refractivity contribution < 1.29 is 5.11 Å². The van der Waals surface area contributed by atoms with Crippen LogP contribution in [0.2, 0.25) is 0 Å². The molecule has 0 aromatic carbocycles. The van der Waals surface area contributed by atoms with Crippen molar-refractivity contribution in [3.63, 3.8) is 0 Å². The van der Waals surface area contributed by atoms with Crippen LogP contribution in [0.15, 0.2) is 0 Å². The third-order valence-corrected chi connectivity index (χ3v) is 1.93. The minimum absolute atomic E-state index is 0.464. The molecule has 1 aliphatic rings. The van der Waals surface area contributed by atoms with Gasteiger partial charge in [-0.3, -0.25) is 0 Å². The van der Waals surface area contributed by atoms with E-state index in [1.54, 1.807) is 6.92 Å². The molecule has 2 N–H and O–H groups in total. The van der Waals surface area contributed by atoms with E-state index in [1.165, 1.54) is 0 Å². The monoisotopic (exact) mass is 128 g/mol. The zero-order chi connectivity index (χ0) is 6.69. The predicted molar refractivity (Wildman–Crippen MR) is 36.4 cm³/mol. The Morgan fingerprint density at radius 3 is 2.33 bits per heavy atom. The molecular formula is C7H14NO. The molecule has 1 heterocycles. The highest BCUT2D eigenvalue weighted by molar-refractivity contribution is 4.83. The number of aliphatic hydroxyl groups is 1. The first-order valence-corrected chi connectivity index (χ1v) is 3.54. The lowest BCUT2D eigenvalue weighted by molar-refractivity contribution is 0.206. The second-order valence-electron chi connectivity index (χ2n) is 2.67. The van der Waals surface area contributed by atoms with Gasteiger partial charge in [-0.25, -0.2) is 0 Å². The summed E-state index contributed by atoms with van der Waals surface area (Å²) in [5.74, 6) is 0.464. The van der Waals surface area contributed by atoms with Crippen LogP contribution in [0.4, 0.5) is 0 Å². The summed E-state index contributed by atoms with van der Waals surface area (Å²) in [5.41, 5.74) is 0. The first-order chi connectivity index (χ1) is 4.30. The summed E-state index contributed by atoms with van der Waals surface area (Å²) in [7, 11) is 0. The zero-order valence-corrected chi connectivity index (χ0v) is 5.85. The largest absolute Gasteiger partial charge is 0.387 e. The van der Waals surface area contributed by atoms with E-state index >= 15 is 0 Å². The van der Waals surface area contributed by atoms with Gasteiger partial charge in [-0.1, -0.05) is 0 Å². The summed E-state index contributed by atoms with van der Waals surface area (Å²) in [4.78, 5) is 0. The van der Waals surface area contributed by atoms with Gasteiger partial charge in [0, 0.05) is 0 Å². The minimum Gasteiger partial charge on any atom is -0.387 e. The molecule has 2 nitrogen and oxygen atoms in total. The van der Waals surface area contributed by atoms with Crippen LogP contribution in [0.1, 0.15) is 19.8 Å². The lowest BCUT2D eigenvalue weighted by Gasteiger charge is -2.23. The van der Waals surface area contributed by atoms with E-state index in [2.05, 4.69) is 5.32 Å². The third kappa shape index (κ3) is 1.95. The molecule has 1 saturated heterocycles. The van der Waals surface area contributed by atoms with E-state index in [-0.39, 0.29) is 0 Å². The third-order valence-electron chi connectivity index (χ3n) is 1.93. The maximum Gasteiger partial charge on any atom is 0.0934 e. The van der Waals surface area contributed by atoms with Gasteiger partial charge in [-0.2, -0.15) is 0 Å². The highest BCUT2D eigenvalue weighted by Crippen LogP contribution is 2.20. The molecule has 9 heavy (non-hydrogen) atoms. The standard InChI is InChI=1S/C7H14NO/c1-6(9)7-2-4-8-5-3-7/h7-9H,2-5H2,1H3. The fourth-order valence-electron chi connectivity index (χ4n) is 1.24. The molecule has 0 aliphatic carbocycles. The van der Waals surface area contributed by atoms with Crippen LogP contribution in [0.3, 0.4) is 0 Å². The van der Waals surface area contributed by atoms with Crippen molar-refractivity contribution in [1.29, 1.82) is 0 Å². The molecule has 0 spiro atoms. The summed E-state index contributed by atoms with van der Waals surface area (Å²) in [6.07, 6.45) is 2.81. The quantitative estimate of drug-likeness (QED) is 0.550. The van der Waals surface area contributed by atoms with E-state index in [9.17, 15) is 0 Å². The van der Waals surface area contributed by atoms with Crippen LogP contribution in [-0.4, -0.2) is 18.2 Å². The van der Waals surface area contributed by atoms with Crippen molar-refractivity contribution in [1.82, 2.24) is 5.32 Å². The molecule has 0 amide bonds. The first kappa shape index (κ1) is 7.03. The lowest BCUT2D eigenvalue weighted by Crippen LogP contribution is -2.29. The van der Waals surface area contributed by atoms with Gasteiger partial charge in [0.2, 0.25) is 0 Å². The summed E-state index contributed by atoms with van der Waals surface area (Å²) in [5, 5.41) is 12.3. The SMILES string of the molecule is C[C](O)C1CCNCC1. The van der Waals surface area contributed by atoms with E-state index in [1.807, 2.05) is 0 Å². The number of aliphatic hydroxyl groups excluding tert-OH is 1. The normalized spacial score (nSPS) is 23.0. The Balaban J connectivity index is 2.23. The topological polar surface area (TPSA) is 32.3 Å². The summed E-state index contributed by atoms with van der Waals surface area (Å²) in [6.45, 7) is 3.92. The van der Waals surface area contributed by atoms with Crippen LogP contribution in [-0.2, 0) is 0 Å². The van der Waals surface area contributed by atoms with Gasteiger partial charge in [0.25, 0.3) is 0 Å². The Hall–Kier alpha value is -0.0800. The van der Waals surface area contributed by atoms with Gasteiger partial charge >= 0.3 is 0 Å². The molecule has 2 heteroatoms. The van der Waals surface area contributed by atoms with Crippen molar-refractivity contribution in [2.75, 3.05) is 13.1 Å². The maximum absolute atomic E-state index is 9.07. The van der Waals surface area contributed by atoms with Gasteiger partial charge in [0.15, 0.2) is 0 Å². The van der Waals surface area contributed by atoms with Crippen LogP contribution in [0.5, 0.6) is 0 Å². The number of rotatable bonds is 1. The van der Waals surface area contributed by atoms with Crippen LogP contribution < -0.4 is 5.32 Å². The smallest absolute Gasteiger partial charge is 0.0934 e. The van der Waals surface area contributed by atoms with Crippen molar-refractivity contribution in [3.8, 4) is 0 Å². The first-order valence-electron chi connectivity index (χ1n) is 3.54. The minimum atomic E-state index is 0.464. The fourth-order valence-corrected chi connectivity index (χ4v) is 1.24. The van der Waals surface area contributed by atoms with E-state index in [0.29, 0.717) is 12.0 Å². The summed E-state index contributed by atoms with van der Waals surface area (Å²) in [6, 6.07) is 0. The number of piperidine rings is 1. The molecule has 1 aliphatic heterocycles. The molecule has 53 valence electrons. The van der Waals surface area contributed by atoms with Gasteiger partial charge in [-0.15, -0.1) is 0 Å². The Kier molecular flexibility index (Phi) is 2.49. The molecule has 0 saturated carbocycles. The van der Waals surface area contributed by atoms with Crippen LogP contribution >= 0.6 is 0 Å². The maximum atomic E-state index is 9.07. The highest BCUT2D eigenvalue weighted by Gasteiger charge is 2.17. The molecule has 1 rings (SSSR count). The fraction of sp³-hybridized carbons (Fsp3) is 0.857. The van der Waals surface area contributed by atoms with Crippen molar-refractivity contribution >= 4 is 0 Å². The van der Waals surface area contributed by atoms with Gasteiger partial charge in [-0.05, 0) is 38.8 Å². The molecule has 0 aromatic heterocycles. The molecule has 0 unspecified atom stereocenters. The molecule has 1 radical (unpaired) electrons. The molecule has 0 aromatic rings. The number of nitrogens with one attached hydrogen (secondary N) is 1. The average molecular weight is 128 g/mol. The Morgan fingerprint density at radius 1 is 1.44 bits per heavy atom. The number of hydrogen-bond donors (Lipinski definition) is 2. The number of hydrogen-bond acceptors (Lipinski definition) is 2. The van der Waals surface area contributed by atoms with Crippen molar-refractivity contribution in [2.24, 2.45) is 5.92 Å². The van der Waals surface area contributed by atoms with Gasteiger partial charge < -0.3 is 10.4 Å². The summed E-state index contributed by atoms with van der Waals surface area (Å²) >= 11 is 0. The van der Waals surface area contributed by atoms with Crippen LogP contribution in [0.25, 0.3) is 0 Å². The Morgan fingerprint density at radius 2 is 2.00 bits per heavy atom. The van der Waals surface area contributed by atoms with Gasteiger partial charge in [0.1, 0.15) is 0 Å². The van der Waals surface area contributed by atoms with Crippen LogP contribution in [0, 0.1) is 12.0 Å². The van der Waals surface area contributed by atoms with E-state index in [0.717, 1.165) is 25.9 Å². The molecular weight excluding hydrogens is 114 g/mol. The second kappa shape index (κ2) is 3.18.